The standard InChI is InChI=1S/C19H21N3O6S/c23-19(20-28-14-15-6-2-1-3-7-15)18-8-4-5-13-21(18)29(26,27)17-11-9-16(10-12-17)22(24)25/h1-3,6-7,9-12,18H,4-5,8,13-14H2,(H,20,23). The molecule has 0 spiro atoms. The van der Waals surface area contributed by atoms with Gasteiger partial charge < -0.3 is 0 Å². The summed E-state index contributed by atoms with van der Waals surface area (Å²) >= 11 is 0. The molecule has 1 saturated heterocycles. The van der Waals surface area contributed by atoms with Crippen molar-refractivity contribution < 1.29 is 23.0 Å². The van der Waals surface area contributed by atoms with Gasteiger partial charge in [0.1, 0.15) is 6.04 Å². The van der Waals surface area contributed by atoms with Gasteiger partial charge in [-0.15, -0.1) is 0 Å². The van der Waals surface area contributed by atoms with Crippen LogP contribution in [0.5, 0.6) is 0 Å². The molecule has 0 saturated carbocycles. The van der Waals surface area contributed by atoms with Gasteiger partial charge in [0.2, 0.25) is 10.0 Å². The van der Waals surface area contributed by atoms with E-state index < -0.39 is 26.9 Å². The highest BCUT2D eigenvalue weighted by Gasteiger charge is 2.38. The zero-order valence-corrected chi connectivity index (χ0v) is 16.4. The number of rotatable bonds is 7. The second kappa shape index (κ2) is 9.12. The Labute approximate surface area is 168 Å². The van der Waals surface area contributed by atoms with E-state index in [0.29, 0.717) is 19.3 Å². The maximum absolute atomic E-state index is 13.0. The van der Waals surface area contributed by atoms with Crippen molar-refractivity contribution in [2.24, 2.45) is 0 Å². The number of piperidine rings is 1. The van der Waals surface area contributed by atoms with Crippen LogP contribution in [0.3, 0.4) is 0 Å². The summed E-state index contributed by atoms with van der Waals surface area (Å²) in [5.41, 5.74) is 3.01. The predicted molar refractivity (Wildman–Crippen MR) is 104 cm³/mol. The molecule has 154 valence electrons. The van der Waals surface area contributed by atoms with E-state index in [1.165, 1.54) is 12.1 Å². The molecule has 1 amide bonds. The number of carbonyl (C=O) groups excluding carboxylic acids is 1. The maximum Gasteiger partial charge on any atom is 0.269 e. The monoisotopic (exact) mass is 419 g/mol. The van der Waals surface area contributed by atoms with Crippen molar-refractivity contribution in [1.82, 2.24) is 9.79 Å². The van der Waals surface area contributed by atoms with Crippen LogP contribution in [0.2, 0.25) is 0 Å². The van der Waals surface area contributed by atoms with Crippen LogP contribution in [0.4, 0.5) is 5.69 Å². The molecular formula is C19H21N3O6S. The topological polar surface area (TPSA) is 119 Å². The molecule has 1 fully saturated rings. The summed E-state index contributed by atoms with van der Waals surface area (Å²) in [7, 11) is -3.98. The van der Waals surface area contributed by atoms with Gasteiger partial charge in [0.15, 0.2) is 0 Å². The average molecular weight is 419 g/mol. The summed E-state index contributed by atoms with van der Waals surface area (Å²) in [4.78, 5) is 27.9. The number of amides is 1. The number of nitro groups is 1. The maximum atomic E-state index is 13.0. The second-order valence-electron chi connectivity index (χ2n) is 6.62. The first-order chi connectivity index (χ1) is 13.9. The van der Waals surface area contributed by atoms with Crippen LogP contribution in [0, 0.1) is 10.1 Å². The molecule has 0 bridgehead atoms. The van der Waals surface area contributed by atoms with E-state index in [4.69, 9.17) is 4.84 Å². The van der Waals surface area contributed by atoms with Crippen molar-refractivity contribution in [1.29, 1.82) is 0 Å². The molecular weight excluding hydrogens is 398 g/mol. The Morgan fingerprint density at radius 1 is 1.14 bits per heavy atom. The normalized spacial score (nSPS) is 17.6. The predicted octanol–water partition coefficient (Wildman–Crippen LogP) is 2.39. The number of nitro benzene ring substituents is 1. The molecule has 9 nitrogen and oxygen atoms in total. The number of benzene rings is 2. The van der Waals surface area contributed by atoms with Crippen molar-refractivity contribution >= 4 is 21.6 Å². The van der Waals surface area contributed by atoms with Crippen molar-refractivity contribution in [3.05, 3.63) is 70.3 Å². The molecule has 1 atom stereocenters. The van der Waals surface area contributed by atoms with E-state index in [1.54, 1.807) is 0 Å². The van der Waals surface area contributed by atoms with Crippen LogP contribution in [0.25, 0.3) is 0 Å². The van der Waals surface area contributed by atoms with Crippen molar-refractivity contribution in [2.75, 3.05) is 6.54 Å². The van der Waals surface area contributed by atoms with E-state index in [9.17, 15) is 23.3 Å². The Bertz CT molecular complexity index is 963. The Morgan fingerprint density at radius 2 is 1.83 bits per heavy atom. The SMILES string of the molecule is O=C(NOCc1ccccc1)C1CCCCN1S(=O)(=O)c1ccc([N+](=O)[O-])cc1. The van der Waals surface area contributed by atoms with E-state index in [1.807, 2.05) is 30.3 Å². The average Bonchev–Trinajstić information content (AvgIpc) is 2.74. The van der Waals surface area contributed by atoms with Crippen LogP contribution in [0.1, 0.15) is 24.8 Å². The highest BCUT2D eigenvalue weighted by molar-refractivity contribution is 7.89. The van der Waals surface area contributed by atoms with Gasteiger partial charge in [0, 0.05) is 18.7 Å². The molecule has 10 heteroatoms. The minimum absolute atomic E-state index is 0.0898. The fraction of sp³-hybridized carbons (Fsp3) is 0.316. The lowest BCUT2D eigenvalue weighted by Crippen LogP contribution is -2.51. The fourth-order valence-electron chi connectivity index (χ4n) is 3.16. The highest BCUT2D eigenvalue weighted by Crippen LogP contribution is 2.26. The molecule has 2 aromatic carbocycles. The largest absolute Gasteiger partial charge is 0.271 e. The van der Waals surface area contributed by atoms with Gasteiger partial charge in [-0.1, -0.05) is 36.8 Å². The first kappa shape index (κ1) is 20.9. The summed E-state index contributed by atoms with van der Waals surface area (Å²) in [6, 6.07) is 13.0. The van der Waals surface area contributed by atoms with Crippen molar-refractivity contribution in [3.63, 3.8) is 0 Å². The van der Waals surface area contributed by atoms with Crippen molar-refractivity contribution in [2.45, 2.75) is 36.8 Å². The lowest BCUT2D eigenvalue weighted by atomic mass is 10.0. The number of carbonyl (C=O) groups is 1. The summed E-state index contributed by atoms with van der Waals surface area (Å²) in [5.74, 6) is -0.536. The molecule has 0 aliphatic carbocycles. The van der Waals surface area contributed by atoms with Gasteiger partial charge in [0.05, 0.1) is 16.4 Å². The van der Waals surface area contributed by atoms with Gasteiger partial charge in [0.25, 0.3) is 11.6 Å². The summed E-state index contributed by atoms with van der Waals surface area (Å²) in [6.07, 6.45) is 1.71. The van der Waals surface area contributed by atoms with Gasteiger partial charge in [-0.25, -0.2) is 13.9 Å². The Hall–Kier alpha value is -2.82. The highest BCUT2D eigenvalue weighted by atomic mass is 32.2. The molecule has 2 aromatic rings. The van der Waals surface area contributed by atoms with E-state index in [0.717, 1.165) is 22.0 Å². The Kier molecular flexibility index (Phi) is 6.57. The van der Waals surface area contributed by atoms with Crippen LogP contribution >= 0.6 is 0 Å². The van der Waals surface area contributed by atoms with Gasteiger partial charge in [-0.2, -0.15) is 4.31 Å². The third kappa shape index (κ3) is 4.97. The van der Waals surface area contributed by atoms with E-state index >= 15 is 0 Å². The number of hydrogen-bond acceptors (Lipinski definition) is 6. The molecule has 29 heavy (non-hydrogen) atoms. The van der Waals surface area contributed by atoms with E-state index in [-0.39, 0.29) is 23.7 Å². The summed E-state index contributed by atoms with van der Waals surface area (Å²) in [5, 5.41) is 10.8. The third-order valence-corrected chi connectivity index (χ3v) is 6.59. The minimum Gasteiger partial charge on any atom is -0.271 e. The number of nitrogens with zero attached hydrogens (tertiary/aromatic N) is 2. The number of nitrogens with one attached hydrogen (secondary N) is 1. The fourth-order valence-corrected chi connectivity index (χ4v) is 4.82. The molecule has 1 N–H and O–H groups in total. The van der Waals surface area contributed by atoms with Gasteiger partial charge in [-0.05, 0) is 30.5 Å². The van der Waals surface area contributed by atoms with Crippen LogP contribution in [-0.4, -0.2) is 36.1 Å². The number of hydroxylamine groups is 1. The molecule has 1 aliphatic rings. The first-order valence-electron chi connectivity index (χ1n) is 9.11. The smallest absolute Gasteiger partial charge is 0.269 e. The minimum atomic E-state index is -3.98. The lowest BCUT2D eigenvalue weighted by Gasteiger charge is -2.33. The number of non-ortho nitro benzene ring substituents is 1. The molecule has 1 aliphatic heterocycles. The molecule has 1 heterocycles. The number of sulfonamides is 1. The quantitative estimate of drug-likeness (QED) is 0.544. The van der Waals surface area contributed by atoms with Gasteiger partial charge in [-0.3, -0.25) is 19.7 Å². The number of hydrogen-bond donors (Lipinski definition) is 1. The van der Waals surface area contributed by atoms with Crippen LogP contribution in [0.15, 0.2) is 59.5 Å². The molecule has 1 unspecified atom stereocenters. The Morgan fingerprint density at radius 3 is 2.48 bits per heavy atom. The molecule has 0 aromatic heterocycles. The van der Waals surface area contributed by atoms with Gasteiger partial charge >= 0.3 is 0 Å². The third-order valence-electron chi connectivity index (χ3n) is 4.66. The zero-order chi connectivity index (χ0) is 20.9. The molecule has 0 radical (unpaired) electrons. The summed E-state index contributed by atoms with van der Waals surface area (Å²) < 4.78 is 27.2. The lowest BCUT2D eigenvalue weighted by molar-refractivity contribution is -0.384. The van der Waals surface area contributed by atoms with E-state index in [2.05, 4.69) is 5.48 Å². The Balaban J connectivity index is 1.70. The van der Waals surface area contributed by atoms with Crippen LogP contribution < -0.4 is 5.48 Å². The molecule has 3 rings (SSSR count). The van der Waals surface area contributed by atoms with Crippen molar-refractivity contribution in [3.8, 4) is 0 Å². The second-order valence-corrected chi connectivity index (χ2v) is 8.51. The first-order valence-corrected chi connectivity index (χ1v) is 10.6. The zero-order valence-electron chi connectivity index (χ0n) is 15.6. The summed E-state index contributed by atoms with van der Waals surface area (Å²) in [6.45, 7) is 0.352. The van der Waals surface area contributed by atoms with Crippen LogP contribution in [-0.2, 0) is 26.3 Å².